The Labute approximate surface area is 112 Å². The molecule has 3 N–H and O–H groups in total. The van der Waals surface area contributed by atoms with E-state index < -0.39 is 6.04 Å². The average molecular weight is 258 g/mol. The van der Waals surface area contributed by atoms with Crippen molar-refractivity contribution in [2.75, 3.05) is 6.54 Å². The molecule has 100 valence electrons. The second kappa shape index (κ2) is 6.15. The highest BCUT2D eigenvalue weighted by atomic mass is 16.1. The van der Waals surface area contributed by atoms with Gasteiger partial charge in [0.2, 0.25) is 5.91 Å². The van der Waals surface area contributed by atoms with Crippen LogP contribution < -0.4 is 11.1 Å². The largest absolute Gasteiger partial charge is 0.368 e. The van der Waals surface area contributed by atoms with Crippen molar-refractivity contribution in [2.24, 2.45) is 5.73 Å². The van der Waals surface area contributed by atoms with Crippen molar-refractivity contribution in [1.29, 1.82) is 0 Å². The maximum Gasteiger partial charge on any atom is 0.236 e. The highest BCUT2D eigenvalue weighted by Gasteiger charge is 2.15. The summed E-state index contributed by atoms with van der Waals surface area (Å²) in [4.78, 5) is 11.3. The Kier molecular flexibility index (Phi) is 4.30. The number of nitrogens with zero attached hydrogens (tertiary/aromatic N) is 2. The molecule has 2 aromatic rings. The zero-order valence-corrected chi connectivity index (χ0v) is 10.9. The Bertz CT molecular complexity index is 535. The van der Waals surface area contributed by atoms with Crippen LogP contribution in [0.15, 0.2) is 42.7 Å². The van der Waals surface area contributed by atoms with Gasteiger partial charge >= 0.3 is 0 Å². The van der Waals surface area contributed by atoms with Crippen LogP contribution in [-0.4, -0.2) is 28.3 Å². The molecule has 0 spiro atoms. The lowest BCUT2D eigenvalue weighted by Gasteiger charge is -2.13. The fourth-order valence-corrected chi connectivity index (χ4v) is 1.93. The van der Waals surface area contributed by atoms with Gasteiger partial charge in [-0.05, 0) is 12.1 Å². The first-order chi connectivity index (χ1) is 9.20. The Morgan fingerprint density at radius 3 is 2.74 bits per heavy atom. The molecule has 0 aliphatic rings. The van der Waals surface area contributed by atoms with Crippen LogP contribution in [0.2, 0.25) is 0 Å². The Balaban J connectivity index is 2.11. The first-order valence-corrected chi connectivity index (χ1v) is 6.31. The molecule has 0 fully saturated rings. The summed E-state index contributed by atoms with van der Waals surface area (Å²) in [6.07, 6.45) is 3.71. The van der Waals surface area contributed by atoms with E-state index in [1.165, 1.54) is 0 Å². The van der Waals surface area contributed by atoms with Gasteiger partial charge in [0.1, 0.15) is 6.04 Å². The van der Waals surface area contributed by atoms with Crippen LogP contribution in [0.5, 0.6) is 0 Å². The molecule has 0 aliphatic heterocycles. The molecule has 1 atom stereocenters. The van der Waals surface area contributed by atoms with Crippen molar-refractivity contribution in [3.8, 4) is 11.1 Å². The third-order valence-electron chi connectivity index (χ3n) is 2.90. The first-order valence-electron chi connectivity index (χ1n) is 6.31. The van der Waals surface area contributed by atoms with E-state index in [0.29, 0.717) is 13.1 Å². The summed E-state index contributed by atoms with van der Waals surface area (Å²) < 4.78 is 1.74. The van der Waals surface area contributed by atoms with E-state index in [1.54, 1.807) is 10.9 Å². The average Bonchev–Trinajstić information content (AvgIpc) is 2.88. The van der Waals surface area contributed by atoms with E-state index in [4.69, 9.17) is 5.73 Å². The Morgan fingerprint density at radius 2 is 2.11 bits per heavy atom. The minimum atomic E-state index is -0.395. The normalized spacial score (nSPS) is 12.3. The Hall–Kier alpha value is -2.14. The van der Waals surface area contributed by atoms with Crippen molar-refractivity contribution < 1.29 is 4.79 Å². The van der Waals surface area contributed by atoms with E-state index in [0.717, 1.165) is 11.1 Å². The molecular weight excluding hydrogens is 240 g/mol. The first kappa shape index (κ1) is 13.3. The summed E-state index contributed by atoms with van der Waals surface area (Å²) in [6.45, 7) is 3.07. The second-order valence-electron chi connectivity index (χ2n) is 4.33. The number of carbonyl (C=O) groups is 1. The quantitative estimate of drug-likeness (QED) is 0.812. The van der Waals surface area contributed by atoms with Gasteiger partial charge in [-0.25, -0.2) is 0 Å². The summed E-state index contributed by atoms with van der Waals surface area (Å²) >= 11 is 0. The molecule has 0 bridgehead atoms. The molecule has 5 nitrogen and oxygen atoms in total. The smallest absolute Gasteiger partial charge is 0.236 e. The maximum atomic E-state index is 11.3. The molecule has 0 saturated heterocycles. The van der Waals surface area contributed by atoms with Crippen LogP contribution in [0.25, 0.3) is 11.1 Å². The lowest BCUT2D eigenvalue weighted by atomic mass is 10.1. The number of nitrogens with two attached hydrogens (primary N) is 1. The van der Waals surface area contributed by atoms with Gasteiger partial charge in [-0.15, -0.1) is 0 Å². The molecule has 1 aromatic heterocycles. The van der Waals surface area contributed by atoms with Gasteiger partial charge in [-0.1, -0.05) is 37.3 Å². The SMILES string of the molecule is CCNC(Cn1cc(-c2ccccc2)cn1)C(N)=O. The summed E-state index contributed by atoms with van der Waals surface area (Å²) in [5.74, 6) is -0.362. The minimum Gasteiger partial charge on any atom is -0.368 e. The number of carbonyl (C=O) groups excluding carboxylic acids is 1. The van der Waals surface area contributed by atoms with Crippen LogP contribution in [0, 0.1) is 0 Å². The van der Waals surface area contributed by atoms with Crippen LogP contribution in [0.4, 0.5) is 0 Å². The molecule has 2 rings (SSSR count). The number of amides is 1. The Morgan fingerprint density at radius 1 is 1.37 bits per heavy atom. The highest BCUT2D eigenvalue weighted by molar-refractivity contribution is 5.79. The van der Waals surface area contributed by atoms with Crippen LogP contribution >= 0.6 is 0 Å². The van der Waals surface area contributed by atoms with Gasteiger partial charge in [0.15, 0.2) is 0 Å². The zero-order chi connectivity index (χ0) is 13.7. The van der Waals surface area contributed by atoms with E-state index >= 15 is 0 Å². The number of hydrogen-bond donors (Lipinski definition) is 2. The third-order valence-corrected chi connectivity index (χ3v) is 2.90. The number of primary amides is 1. The molecule has 0 aliphatic carbocycles. The molecule has 1 amide bonds. The van der Waals surface area contributed by atoms with Gasteiger partial charge in [0.05, 0.1) is 12.7 Å². The number of nitrogens with one attached hydrogen (secondary N) is 1. The van der Waals surface area contributed by atoms with E-state index in [9.17, 15) is 4.79 Å². The minimum absolute atomic E-state index is 0.362. The second-order valence-corrected chi connectivity index (χ2v) is 4.33. The number of likely N-dealkylation sites (N-methyl/N-ethyl adjacent to an activating group) is 1. The summed E-state index contributed by atoms with van der Waals surface area (Å²) in [5, 5.41) is 7.31. The molecule has 0 saturated carbocycles. The predicted molar refractivity (Wildman–Crippen MR) is 74.3 cm³/mol. The lowest BCUT2D eigenvalue weighted by Crippen LogP contribution is -2.44. The summed E-state index contributed by atoms with van der Waals surface area (Å²) in [6, 6.07) is 9.60. The van der Waals surface area contributed by atoms with E-state index in [1.807, 2.05) is 43.5 Å². The number of benzene rings is 1. The van der Waals surface area contributed by atoms with Crippen molar-refractivity contribution in [3.63, 3.8) is 0 Å². The van der Waals surface area contributed by atoms with Gasteiger partial charge in [0.25, 0.3) is 0 Å². The highest BCUT2D eigenvalue weighted by Crippen LogP contribution is 2.17. The number of aromatic nitrogens is 2. The third kappa shape index (κ3) is 3.42. The lowest BCUT2D eigenvalue weighted by molar-refractivity contribution is -0.120. The van der Waals surface area contributed by atoms with Crippen LogP contribution in [-0.2, 0) is 11.3 Å². The van der Waals surface area contributed by atoms with E-state index in [2.05, 4.69) is 10.4 Å². The molecule has 19 heavy (non-hydrogen) atoms. The molecule has 1 heterocycles. The van der Waals surface area contributed by atoms with Crippen molar-refractivity contribution in [3.05, 3.63) is 42.7 Å². The van der Waals surface area contributed by atoms with E-state index in [-0.39, 0.29) is 5.91 Å². The molecule has 1 unspecified atom stereocenters. The monoisotopic (exact) mass is 258 g/mol. The predicted octanol–water partition coefficient (Wildman–Crippen LogP) is 1.01. The van der Waals surface area contributed by atoms with Gasteiger partial charge in [-0.2, -0.15) is 5.10 Å². The van der Waals surface area contributed by atoms with Crippen molar-refractivity contribution in [2.45, 2.75) is 19.5 Å². The number of hydrogen-bond acceptors (Lipinski definition) is 3. The van der Waals surface area contributed by atoms with Crippen LogP contribution in [0.3, 0.4) is 0 Å². The van der Waals surface area contributed by atoms with Crippen molar-refractivity contribution >= 4 is 5.91 Å². The summed E-state index contributed by atoms with van der Waals surface area (Å²) in [7, 11) is 0. The van der Waals surface area contributed by atoms with Crippen molar-refractivity contribution in [1.82, 2.24) is 15.1 Å². The van der Waals surface area contributed by atoms with Gasteiger partial charge < -0.3 is 11.1 Å². The molecule has 5 heteroatoms. The fourth-order valence-electron chi connectivity index (χ4n) is 1.93. The zero-order valence-electron chi connectivity index (χ0n) is 10.9. The summed E-state index contributed by atoms with van der Waals surface area (Å²) in [5.41, 5.74) is 7.48. The molecule has 0 radical (unpaired) electrons. The molecular formula is C14H18N4O. The topological polar surface area (TPSA) is 72.9 Å². The fraction of sp³-hybridized carbons (Fsp3) is 0.286. The van der Waals surface area contributed by atoms with Gasteiger partial charge in [0, 0.05) is 11.8 Å². The van der Waals surface area contributed by atoms with Crippen LogP contribution in [0.1, 0.15) is 6.92 Å². The molecule has 1 aromatic carbocycles. The van der Waals surface area contributed by atoms with Gasteiger partial charge in [-0.3, -0.25) is 9.48 Å². The number of rotatable bonds is 6. The standard InChI is InChI=1S/C14H18N4O/c1-2-16-13(14(15)19)10-18-9-12(8-17-18)11-6-4-3-5-7-11/h3-9,13,16H,2,10H2,1H3,(H2,15,19). The maximum absolute atomic E-state index is 11.3.